The molecule has 0 fully saturated rings. The standard InChI is InChI=1S/C12H11ClN4O2S/c1-15-10(18)6-2-3-7(13)8(4-6)16-11(19)9-5-20-12(14)17-9/h2-5H,1H3,(H2,14,17)(H,15,18)(H,16,19). The van der Waals surface area contributed by atoms with E-state index in [0.717, 1.165) is 0 Å². The molecule has 0 saturated carbocycles. The van der Waals surface area contributed by atoms with Crippen molar-refractivity contribution < 1.29 is 9.59 Å². The number of benzene rings is 1. The van der Waals surface area contributed by atoms with Crippen LogP contribution in [0.4, 0.5) is 10.8 Å². The van der Waals surface area contributed by atoms with Crippen LogP contribution in [0.3, 0.4) is 0 Å². The summed E-state index contributed by atoms with van der Waals surface area (Å²) in [4.78, 5) is 27.4. The highest BCUT2D eigenvalue weighted by atomic mass is 35.5. The largest absolute Gasteiger partial charge is 0.375 e. The number of nitrogens with one attached hydrogen (secondary N) is 2. The Hall–Kier alpha value is -2.12. The third kappa shape index (κ3) is 3.06. The number of nitrogen functional groups attached to an aromatic ring is 1. The zero-order chi connectivity index (χ0) is 14.7. The number of nitrogens with zero attached hydrogens (tertiary/aromatic N) is 1. The lowest BCUT2D eigenvalue weighted by molar-refractivity contribution is 0.0961. The summed E-state index contributed by atoms with van der Waals surface area (Å²) in [6.45, 7) is 0. The lowest BCUT2D eigenvalue weighted by Gasteiger charge is -2.08. The van der Waals surface area contributed by atoms with Crippen LogP contribution in [-0.2, 0) is 0 Å². The van der Waals surface area contributed by atoms with Crippen LogP contribution in [0.25, 0.3) is 0 Å². The predicted molar refractivity (Wildman–Crippen MR) is 79.3 cm³/mol. The van der Waals surface area contributed by atoms with Crippen molar-refractivity contribution in [1.82, 2.24) is 10.3 Å². The van der Waals surface area contributed by atoms with Crippen molar-refractivity contribution in [2.24, 2.45) is 0 Å². The molecule has 1 heterocycles. The van der Waals surface area contributed by atoms with E-state index in [9.17, 15) is 9.59 Å². The van der Waals surface area contributed by atoms with Gasteiger partial charge in [-0.2, -0.15) is 0 Å². The predicted octanol–water partition coefficient (Wildman–Crippen LogP) is 1.99. The summed E-state index contributed by atoms with van der Waals surface area (Å²) in [6, 6.07) is 4.60. The van der Waals surface area contributed by atoms with Gasteiger partial charge in [0.05, 0.1) is 10.7 Å². The molecule has 0 spiro atoms. The second kappa shape index (κ2) is 5.89. The third-order valence-electron chi connectivity index (χ3n) is 2.46. The summed E-state index contributed by atoms with van der Waals surface area (Å²) >= 11 is 7.16. The van der Waals surface area contributed by atoms with Crippen molar-refractivity contribution in [3.05, 3.63) is 39.9 Å². The van der Waals surface area contributed by atoms with Crippen LogP contribution < -0.4 is 16.4 Å². The SMILES string of the molecule is CNC(=O)c1ccc(Cl)c(NC(=O)c2csc(N)n2)c1. The Bertz CT molecular complexity index is 671. The van der Waals surface area contributed by atoms with Crippen molar-refractivity contribution in [3.63, 3.8) is 0 Å². The summed E-state index contributed by atoms with van der Waals surface area (Å²) in [7, 11) is 1.52. The van der Waals surface area contributed by atoms with E-state index in [4.69, 9.17) is 17.3 Å². The Labute approximate surface area is 124 Å². The Balaban J connectivity index is 2.24. The molecule has 0 aliphatic rings. The molecule has 4 N–H and O–H groups in total. The second-order valence-corrected chi connectivity index (χ2v) is 5.10. The Morgan fingerprint density at radius 3 is 2.70 bits per heavy atom. The molecule has 0 unspecified atom stereocenters. The number of thiazole rings is 1. The fourth-order valence-electron chi connectivity index (χ4n) is 1.48. The van der Waals surface area contributed by atoms with Gasteiger partial charge in [-0.05, 0) is 18.2 Å². The average Bonchev–Trinajstić information content (AvgIpc) is 2.87. The van der Waals surface area contributed by atoms with Crippen molar-refractivity contribution in [3.8, 4) is 0 Å². The van der Waals surface area contributed by atoms with Crippen molar-refractivity contribution in [2.45, 2.75) is 0 Å². The first kappa shape index (κ1) is 14.3. The summed E-state index contributed by atoms with van der Waals surface area (Å²) in [5.41, 5.74) is 6.40. The lowest BCUT2D eigenvalue weighted by atomic mass is 10.2. The van der Waals surface area contributed by atoms with Gasteiger partial charge in [0, 0.05) is 18.0 Å². The molecule has 2 rings (SSSR count). The summed E-state index contributed by atoms with van der Waals surface area (Å²) < 4.78 is 0. The molecule has 0 bridgehead atoms. The number of carbonyl (C=O) groups is 2. The molecule has 20 heavy (non-hydrogen) atoms. The molecular weight excluding hydrogens is 300 g/mol. The van der Waals surface area contributed by atoms with E-state index >= 15 is 0 Å². The monoisotopic (exact) mass is 310 g/mol. The van der Waals surface area contributed by atoms with E-state index in [1.54, 1.807) is 11.4 Å². The van der Waals surface area contributed by atoms with Gasteiger partial charge in [0.1, 0.15) is 5.69 Å². The zero-order valence-corrected chi connectivity index (χ0v) is 12.0. The number of halogens is 1. The minimum Gasteiger partial charge on any atom is -0.375 e. The topological polar surface area (TPSA) is 97.1 Å². The highest BCUT2D eigenvalue weighted by Crippen LogP contribution is 2.24. The molecule has 6 nitrogen and oxygen atoms in total. The van der Waals surface area contributed by atoms with Gasteiger partial charge in [-0.1, -0.05) is 11.6 Å². The van der Waals surface area contributed by atoms with Crippen LogP contribution in [0.15, 0.2) is 23.6 Å². The first-order valence-electron chi connectivity index (χ1n) is 5.55. The first-order valence-corrected chi connectivity index (χ1v) is 6.81. The molecule has 0 aliphatic carbocycles. The Morgan fingerprint density at radius 2 is 2.10 bits per heavy atom. The van der Waals surface area contributed by atoms with Crippen molar-refractivity contribution in [1.29, 1.82) is 0 Å². The minimum atomic E-state index is -0.436. The molecular formula is C12H11ClN4O2S. The minimum absolute atomic E-state index is 0.203. The molecule has 1 aromatic carbocycles. The fraction of sp³-hybridized carbons (Fsp3) is 0.0833. The van der Waals surface area contributed by atoms with Crippen molar-refractivity contribution >= 4 is 45.6 Å². The molecule has 104 valence electrons. The van der Waals surface area contributed by atoms with Crippen LogP contribution in [0, 0.1) is 0 Å². The summed E-state index contributed by atoms with van der Waals surface area (Å²) in [5.74, 6) is -0.705. The Kier molecular flexibility index (Phi) is 4.21. The van der Waals surface area contributed by atoms with Crippen LogP contribution in [0.5, 0.6) is 0 Å². The number of amides is 2. The number of rotatable bonds is 3. The van der Waals surface area contributed by atoms with Gasteiger partial charge in [-0.15, -0.1) is 11.3 Å². The number of anilines is 2. The van der Waals surface area contributed by atoms with Crippen LogP contribution in [0.2, 0.25) is 5.02 Å². The quantitative estimate of drug-likeness (QED) is 0.807. The van der Waals surface area contributed by atoms with Gasteiger partial charge in [0.15, 0.2) is 5.13 Å². The molecule has 2 aromatic rings. The second-order valence-electron chi connectivity index (χ2n) is 3.80. The molecule has 8 heteroatoms. The summed E-state index contributed by atoms with van der Waals surface area (Å²) in [5, 5.41) is 7.27. The molecule has 0 saturated heterocycles. The number of hydrogen-bond donors (Lipinski definition) is 3. The van der Waals surface area contributed by atoms with E-state index in [0.29, 0.717) is 21.4 Å². The molecule has 0 atom stereocenters. The molecule has 1 aromatic heterocycles. The first-order chi connectivity index (χ1) is 9.51. The van der Waals surface area contributed by atoms with Gasteiger partial charge >= 0.3 is 0 Å². The molecule has 0 radical (unpaired) electrons. The number of aromatic nitrogens is 1. The highest BCUT2D eigenvalue weighted by Gasteiger charge is 2.13. The van der Waals surface area contributed by atoms with Gasteiger partial charge in [-0.25, -0.2) is 4.98 Å². The number of carbonyl (C=O) groups excluding carboxylic acids is 2. The normalized spacial score (nSPS) is 10.1. The van der Waals surface area contributed by atoms with E-state index in [-0.39, 0.29) is 11.6 Å². The van der Waals surface area contributed by atoms with Crippen LogP contribution in [0.1, 0.15) is 20.8 Å². The summed E-state index contributed by atoms with van der Waals surface area (Å²) in [6.07, 6.45) is 0. The smallest absolute Gasteiger partial charge is 0.275 e. The Morgan fingerprint density at radius 1 is 1.35 bits per heavy atom. The highest BCUT2D eigenvalue weighted by molar-refractivity contribution is 7.13. The van der Waals surface area contributed by atoms with Gasteiger partial charge < -0.3 is 16.4 Å². The van der Waals surface area contributed by atoms with Gasteiger partial charge in [-0.3, -0.25) is 9.59 Å². The van der Waals surface area contributed by atoms with E-state index in [2.05, 4.69) is 15.6 Å². The maximum absolute atomic E-state index is 11.9. The lowest BCUT2D eigenvalue weighted by Crippen LogP contribution is -2.18. The number of hydrogen-bond acceptors (Lipinski definition) is 5. The van der Waals surface area contributed by atoms with E-state index < -0.39 is 5.91 Å². The van der Waals surface area contributed by atoms with E-state index in [1.165, 1.54) is 30.5 Å². The van der Waals surface area contributed by atoms with Gasteiger partial charge in [0.2, 0.25) is 0 Å². The maximum Gasteiger partial charge on any atom is 0.275 e. The fourth-order valence-corrected chi connectivity index (χ4v) is 2.19. The third-order valence-corrected chi connectivity index (χ3v) is 3.46. The van der Waals surface area contributed by atoms with Gasteiger partial charge in [0.25, 0.3) is 11.8 Å². The average molecular weight is 311 g/mol. The number of nitrogens with two attached hydrogens (primary N) is 1. The molecule has 0 aliphatic heterocycles. The van der Waals surface area contributed by atoms with Crippen LogP contribution >= 0.6 is 22.9 Å². The molecule has 2 amide bonds. The van der Waals surface area contributed by atoms with E-state index in [1.807, 2.05) is 0 Å². The van der Waals surface area contributed by atoms with Crippen molar-refractivity contribution in [2.75, 3.05) is 18.1 Å². The maximum atomic E-state index is 11.9. The van der Waals surface area contributed by atoms with Crippen LogP contribution in [-0.4, -0.2) is 23.8 Å². The zero-order valence-electron chi connectivity index (χ0n) is 10.4.